The molecule has 1 aliphatic heterocycles. The van der Waals surface area contributed by atoms with E-state index in [9.17, 15) is 4.79 Å². The van der Waals surface area contributed by atoms with Crippen LogP contribution >= 0.6 is 0 Å². The van der Waals surface area contributed by atoms with Gasteiger partial charge < -0.3 is 26.6 Å². The summed E-state index contributed by atoms with van der Waals surface area (Å²) in [7, 11) is 0. The van der Waals surface area contributed by atoms with Crippen LogP contribution in [-0.2, 0) is 0 Å². The maximum atomic E-state index is 12.7. The maximum absolute atomic E-state index is 12.7. The van der Waals surface area contributed by atoms with E-state index in [-0.39, 0.29) is 5.78 Å². The number of anilines is 4. The largest absolute Gasteiger partial charge is 0.341 e. The fourth-order valence-electron chi connectivity index (χ4n) is 4.64. The Morgan fingerprint density at radius 3 is 2.29 bits per heavy atom. The number of benzene rings is 2. The second kappa shape index (κ2) is 9.74. The van der Waals surface area contributed by atoms with Crippen LogP contribution < -0.4 is 26.6 Å². The van der Waals surface area contributed by atoms with Gasteiger partial charge in [-0.15, -0.1) is 0 Å². The van der Waals surface area contributed by atoms with Crippen LogP contribution in [0.15, 0.2) is 42.5 Å². The van der Waals surface area contributed by atoms with Crippen molar-refractivity contribution in [1.29, 1.82) is 0 Å². The lowest BCUT2D eigenvalue weighted by atomic mass is 10.1. The highest BCUT2D eigenvalue weighted by molar-refractivity contribution is 6.22. The first-order valence-electron chi connectivity index (χ1n) is 11.9. The first-order valence-corrected chi connectivity index (χ1v) is 11.9. The number of rotatable bonds is 8. The molecule has 1 aromatic heterocycles. The highest BCUT2D eigenvalue weighted by Gasteiger charge is 2.26. The molecule has 0 radical (unpaired) electrons. The molecule has 2 aliphatic rings. The van der Waals surface area contributed by atoms with E-state index < -0.39 is 0 Å². The molecule has 0 unspecified atom stereocenters. The van der Waals surface area contributed by atoms with Crippen molar-refractivity contribution in [1.82, 2.24) is 15.0 Å². The van der Waals surface area contributed by atoms with Gasteiger partial charge in [0.25, 0.3) is 0 Å². The van der Waals surface area contributed by atoms with E-state index in [1.807, 2.05) is 47.4 Å². The molecule has 2 aromatic carbocycles. The number of nitrogens with one attached hydrogen (secondary N) is 1. The van der Waals surface area contributed by atoms with Crippen molar-refractivity contribution < 1.29 is 4.79 Å². The summed E-state index contributed by atoms with van der Waals surface area (Å²) in [5.74, 6) is 1.75. The molecule has 1 saturated heterocycles. The van der Waals surface area contributed by atoms with Crippen molar-refractivity contribution in [3.8, 4) is 11.1 Å². The topological polar surface area (TPSA) is 126 Å². The predicted octanol–water partition coefficient (Wildman–Crippen LogP) is 2.54. The first-order chi connectivity index (χ1) is 16.7. The van der Waals surface area contributed by atoms with Gasteiger partial charge in [-0.05, 0) is 48.6 Å². The SMILES string of the molecule is NCCN(CCN)c1nc(Nc2ccc3c(c2)-c2ccccc2C3=O)nc(N2CCCCC2)n1. The molecule has 5 N–H and O–H groups in total. The van der Waals surface area contributed by atoms with Crippen LogP contribution in [0.4, 0.5) is 23.5 Å². The summed E-state index contributed by atoms with van der Waals surface area (Å²) < 4.78 is 0. The molecule has 9 nitrogen and oxygen atoms in total. The summed E-state index contributed by atoms with van der Waals surface area (Å²) in [6.45, 7) is 4.02. The Hall–Kier alpha value is -3.56. The van der Waals surface area contributed by atoms with E-state index in [1.165, 1.54) is 6.42 Å². The third-order valence-electron chi connectivity index (χ3n) is 6.31. The smallest absolute Gasteiger partial charge is 0.233 e. The second-order valence-corrected chi connectivity index (χ2v) is 8.63. The van der Waals surface area contributed by atoms with Gasteiger partial charge in [-0.3, -0.25) is 4.79 Å². The molecule has 0 atom stereocenters. The number of carbonyl (C=O) groups is 1. The summed E-state index contributed by atoms with van der Waals surface area (Å²) in [6.07, 6.45) is 3.47. The van der Waals surface area contributed by atoms with Crippen molar-refractivity contribution in [3.05, 3.63) is 53.6 Å². The van der Waals surface area contributed by atoms with Gasteiger partial charge in [0, 0.05) is 56.1 Å². The molecule has 176 valence electrons. The molecule has 2 heterocycles. The van der Waals surface area contributed by atoms with Gasteiger partial charge in [-0.1, -0.05) is 24.3 Å². The number of carbonyl (C=O) groups excluding carboxylic acids is 1. The molecule has 5 rings (SSSR count). The zero-order valence-electron chi connectivity index (χ0n) is 19.2. The maximum Gasteiger partial charge on any atom is 0.233 e. The molecular formula is C25H30N8O. The monoisotopic (exact) mass is 458 g/mol. The molecular weight excluding hydrogens is 428 g/mol. The first kappa shape index (κ1) is 22.2. The van der Waals surface area contributed by atoms with E-state index >= 15 is 0 Å². The van der Waals surface area contributed by atoms with Gasteiger partial charge in [0.1, 0.15) is 0 Å². The number of ketones is 1. The molecule has 1 aliphatic carbocycles. The number of hydrogen-bond acceptors (Lipinski definition) is 9. The third kappa shape index (κ3) is 4.32. The quantitative estimate of drug-likeness (QED) is 0.365. The molecule has 3 aromatic rings. The van der Waals surface area contributed by atoms with E-state index in [4.69, 9.17) is 26.4 Å². The lowest BCUT2D eigenvalue weighted by Gasteiger charge is -2.28. The third-order valence-corrected chi connectivity index (χ3v) is 6.31. The van der Waals surface area contributed by atoms with Crippen LogP contribution in [0.5, 0.6) is 0 Å². The van der Waals surface area contributed by atoms with Crippen molar-refractivity contribution in [3.63, 3.8) is 0 Å². The van der Waals surface area contributed by atoms with Crippen LogP contribution in [-0.4, -0.2) is 60.0 Å². The van der Waals surface area contributed by atoms with Gasteiger partial charge in [-0.25, -0.2) is 0 Å². The molecule has 0 spiro atoms. The number of fused-ring (bicyclic) bond motifs is 3. The van der Waals surface area contributed by atoms with E-state index in [0.717, 1.165) is 48.3 Å². The van der Waals surface area contributed by atoms with Gasteiger partial charge in [0.2, 0.25) is 17.8 Å². The van der Waals surface area contributed by atoms with Crippen molar-refractivity contribution >= 4 is 29.3 Å². The van der Waals surface area contributed by atoms with Gasteiger partial charge in [-0.2, -0.15) is 15.0 Å². The summed E-state index contributed by atoms with van der Waals surface area (Å²) in [5.41, 5.74) is 15.8. The summed E-state index contributed by atoms with van der Waals surface area (Å²) in [4.78, 5) is 31.2. The van der Waals surface area contributed by atoms with Crippen LogP contribution in [0.1, 0.15) is 35.2 Å². The molecule has 34 heavy (non-hydrogen) atoms. The lowest BCUT2D eigenvalue weighted by Crippen LogP contribution is -2.36. The normalized spacial score (nSPS) is 14.6. The van der Waals surface area contributed by atoms with Crippen LogP contribution in [0.3, 0.4) is 0 Å². The Bertz CT molecular complexity index is 1190. The number of hydrogen-bond donors (Lipinski definition) is 3. The predicted molar refractivity (Wildman–Crippen MR) is 135 cm³/mol. The van der Waals surface area contributed by atoms with Crippen LogP contribution in [0, 0.1) is 0 Å². The van der Waals surface area contributed by atoms with Crippen molar-refractivity contribution in [2.75, 3.05) is 54.4 Å². The van der Waals surface area contributed by atoms with Gasteiger partial charge >= 0.3 is 0 Å². The minimum Gasteiger partial charge on any atom is -0.341 e. The number of nitrogens with two attached hydrogens (primary N) is 2. The van der Waals surface area contributed by atoms with Crippen molar-refractivity contribution in [2.45, 2.75) is 19.3 Å². The molecule has 0 bridgehead atoms. The fourth-order valence-corrected chi connectivity index (χ4v) is 4.64. The Kier molecular flexibility index (Phi) is 6.37. The summed E-state index contributed by atoms with van der Waals surface area (Å²) in [6, 6.07) is 13.4. The van der Waals surface area contributed by atoms with E-state index in [0.29, 0.717) is 49.6 Å². The summed E-state index contributed by atoms with van der Waals surface area (Å²) >= 11 is 0. The number of piperidine rings is 1. The Morgan fingerprint density at radius 1 is 0.853 bits per heavy atom. The zero-order chi connectivity index (χ0) is 23.5. The minimum absolute atomic E-state index is 0.0613. The Morgan fingerprint density at radius 2 is 1.56 bits per heavy atom. The minimum atomic E-state index is 0.0613. The van der Waals surface area contributed by atoms with E-state index in [2.05, 4.69) is 10.2 Å². The van der Waals surface area contributed by atoms with Crippen LogP contribution in [0.2, 0.25) is 0 Å². The standard InChI is InChI=1S/C25H30N8O/c26-10-14-33(15-11-27)25-30-23(29-24(31-25)32-12-4-1-5-13-32)28-17-8-9-20-21(16-17)18-6-2-3-7-19(18)22(20)34/h2-3,6-9,16H,1,4-5,10-15,26-27H2,(H,28,29,30,31). The van der Waals surface area contributed by atoms with Gasteiger partial charge in [0.15, 0.2) is 5.78 Å². The molecule has 0 saturated carbocycles. The molecule has 0 amide bonds. The highest BCUT2D eigenvalue weighted by Crippen LogP contribution is 2.38. The molecule has 1 fully saturated rings. The zero-order valence-corrected chi connectivity index (χ0v) is 19.2. The average molecular weight is 459 g/mol. The van der Waals surface area contributed by atoms with Crippen molar-refractivity contribution in [2.24, 2.45) is 11.5 Å². The Labute approximate surface area is 199 Å². The second-order valence-electron chi connectivity index (χ2n) is 8.63. The summed E-state index contributed by atoms with van der Waals surface area (Å²) in [5, 5.41) is 3.35. The molecule has 9 heteroatoms. The Balaban J connectivity index is 1.50. The van der Waals surface area contributed by atoms with Crippen LogP contribution in [0.25, 0.3) is 11.1 Å². The fraction of sp³-hybridized carbons (Fsp3) is 0.360. The number of aromatic nitrogens is 3. The lowest BCUT2D eigenvalue weighted by molar-refractivity contribution is 0.104. The van der Waals surface area contributed by atoms with Gasteiger partial charge in [0.05, 0.1) is 0 Å². The van der Waals surface area contributed by atoms with E-state index in [1.54, 1.807) is 0 Å². The average Bonchev–Trinajstić information content (AvgIpc) is 3.16. The highest BCUT2D eigenvalue weighted by atomic mass is 16.1. The number of nitrogens with zero attached hydrogens (tertiary/aromatic N) is 5.